The van der Waals surface area contributed by atoms with Gasteiger partial charge in [-0.25, -0.2) is 4.79 Å². The molecular formula is C21H25N3O3. The van der Waals surface area contributed by atoms with Crippen LogP contribution in [0.5, 0.6) is 0 Å². The monoisotopic (exact) mass is 367 g/mol. The second kappa shape index (κ2) is 7.56. The van der Waals surface area contributed by atoms with Gasteiger partial charge in [-0.05, 0) is 43.0 Å². The van der Waals surface area contributed by atoms with Gasteiger partial charge in [-0.1, -0.05) is 18.2 Å². The number of ether oxygens (including phenoxy) is 1. The molecule has 0 aliphatic carbocycles. The van der Waals surface area contributed by atoms with Crippen molar-refractivity contribution in [1.29, 1.82) is 0 Å². The SMILES string of the molecule is COC(=O)c1cccn1C1CCN(CC(=O)N2CCc3ccccc32)CC1. The Labute approximate surface area is 159 Å². The zero-order chi connectivity index (χ0) is 18.8. The summed E-state index contributed by atoms with van der Waals surface area (Å²) < 4.78 is 6.88. The van der Waals surface area contributed by atoms with Crippen LogP contribution >= 0.6 is 0 Å². The van der Waals surface area contributed by atoms with Gasteiger partial charge in [0.2, 0.25) is 5.91 Å². The molecule has 6 nitrogen and oxygen atoms in total. The van der Waals surface area contributed by atoms with Crippen LogP contribution in [-0.4, -0.2) is 54.6 Å². The summed E-state index contributed by atoms with van der Waals surface area (Å²) in [7, 11) is 1.41. The summed E-state index contributed by atoms with van der Waals surface area (Å²) in [6.07, 6.45) is 4.72. The summed E-state index contributed by atoms with van der Waals surface area (Å²) in [4.78, 5) is 28.8. The molecule has 27 heavy (non-hydrogen) atoms. The molecule has 0 atom stereocenters. The Morgan fingerprint density at radius 3 is 2.63 bits per heavy atom. The number of anilines is 1. The first kappa shape index (κ1) is 17.8. The maximum Gasteiger partial charge on any atom is 0.354 e. The highest BCUT2D eigenvalue weighted by atomic mass is 16.5. The molecule has 6 heteroatoms. The molecule has 1 amide bonds. The quantitative estimate of drug-likeness (QED) is 0.779. The van der Waals surface area contributed by atoms with Gasteiger partial charge >= 0.3 is 5.97 Å². The van der Waals surface area contributed by atoms with Gasteiger partial charge < -0.3 is 14.2 Å². The number of fused-ring (bicyclic) bond motifs is 1. The molecular weight excluding hydrogens is 342 g/mol. The molecule has 1 saturated heterocycles. The number of aromatic nitrogens is 1. The van der Waals surface area contributed by atoms with E-state index in [0.29, 0.717) is 12.2 Å². The standard InChI is InChI=1S/C21H25N3O3/c1-27-21(26)19-7-4-11-23(19)17-9-12-22(13-10-17)15-20(25)24-14-8-16-5-2-3-6-18(16)24/h2-7,11,17H,8-10,12-15H2,1H3. The van der Waals surface area contributed by atoms with Crippen molar-refractivity contribution < 1.29 is 14.3 Å². The van der Waals surface area contributed by atoms with E-state index in [1.807, 2.05) is 39.9 Å². The number of carbonyl (C=O) groups is 2. The van der Waals surface area contributed by atoms with Gasteiger partial charge in [-0.3, -0.25) is 9.69 Å². The van der Waals surface area contributed by atoms with E-state index < -0.39 is 0 Å². The minimum absolute atomic E-state index is 0.176. The molecule has 2 aromatic rings. The molecule has 2 aliphatic rings. The Bertz CT molecular complexity index is 837. The first-order valence-corrected chi connectivity index (χ1v) is 9.53. The van der Waals surface area contributed by atoms with Crippen molar-refractivity contribution in [2.45, 2.75) is 25.3 Å². The highest BCUT2D eigenvalue weighted by molar-refractivity contribution is 5.96. The Morgan fingerprint density at radius 2 is 1.85 bits per heavy atom. The zero-order valence-electron chi connectivity index (χ0n) is 15.6. The summed E-state index contributed by atoms with van der Waals surface area (Å²) in [5.41, 5.74) is 2.92. The number of nitrogens with zero attached hydrogens (tertiary/aromatic N) is 3. The van der Waals surface area contributed by atoms with Crippen molar-refractivity contribution >= 4 is 17.6 Å². The van der Waals surface area contributed by atoms with Crippen LogP contribution in [0.3, 0.4) is 0 Å². The highest BCUT2D eigenvalue weighted by Crippen LogP contribution is 2.28. The summed E-state index contributed by atoms with van der Waals surface area (Å²) in [6.45, 7) is 2.94. The molecule has 0 bridgehead atoms. The number of amides is 1. The molecule has 1 aromatic heterocycles. The first-order chi connectivity index (χ1) is 13.2. The molecule has 0 saturated carbocycles. The Balaban J connectivity index is 1.35. The molecule has 1 fully saturated rings. The minimum atomic E-state index is -0.301. The second-order valence-corrected chi connectivity index (χ2v) is 7.22. The fourth-order valence-corrected chi connectivity index (χ4v) is 4.22. The predicted molar refractivity (Wildman–Crippen MR) is 103 cm³/mol. The number of methoxy groups -OCH3 is 1. The fourth-order valence-electron chi connectivity index (χ4n) is 4.22. The lowest BCUT2D eigenvalue weighted by molar-refractivity contribution is -0.120. The number of hydrogen-bond donors (Lipinski definition) is 0. The smallest absolute Gasteiger partial charge is 0.354 e. The number of hydrogen-bond acceptors (Lipinski definition) is 4. The van der Waals surface area contributed by atoms with E-state index in [0.717, 1.165) is 44.6 Å². The second-order valence-electron chi connectivity index (χ2n) is 7.22. The van der Waals surface area contributed by atoms with Gasteiger partial charge in [0.1, 0.15) is 5.69 Å². The number of piperidine rings is 1. The normalized spacial score (nSPS) is 17.7. The van der Waals surface area contributed by atoms with Crippen molar-refractivity contribution in [2.24, 2.45) is 0 Å². The summed E-state index contributed by atoms with van der Waals surface area (Å²) in [5, 5.41) is 0. The predicted octanol–water partition coefficient (Wildman–Crippen LogP) is 2.50. The van der Waals surface area contributed by atoms with Crippen molar-refractivity contribution in [2.75, 3.05) is 38.2 Å². The average molecular weight is 367 g/mol. The third-order valence-corrected chi connectivity index (χ3v) is 5.67. The molecule has 1 aromatic carbocycles. The third-order valence-electron chi connectivity index (χ3n) is 5.67. The van der Waals surface area contributed by atoms with Gasteiger partial charge in [0.25, 0.3) is 0 Å². The lowest BCUT2D eigenvalue weighted by Gasteiger charge is -2.33. The van der Waals surface area contributed by atoms with Crippen molar-refractivity contribution in [3.63, 3.8) is 0 Å². The van der Waals surface area contributed by atoms with Gasteiger partial charge in [0, 0.05) is 37.6 Å². The van der Waals surface area contributed by atoms with Crippen LogP contribution in [0.2, 0.25) is 0 Å². The molecule has 0 unspecified atom stereocenters. The number of esters is 1. The molecule has 4 rings (SSSR count). The van der Waals surface area contributed by atoms with Crippen LogP contribution in [-0.2, 0) is 16.0 Å². The number of carbonyl (C=O) groups excluding carboxylic acids is 2. The number of benzene rings is 1. The van der Waals surface area contributed by atoms with Gasteiger partial charge in [-0.2, -0.15) is 0 Å². The summed E-state index contributed by atoms with van der Waals surface area (Å²) >= 11 is 0. The van der Waals surface area contributed by atoms with Crippen LogP contribution in [0.25, 0.3) is 0 Å². The van der Waals surface area contributed by atoms with Crippen LogP contribution in [0.1, 0.15) is 34.9 Å². The van der Waals surface area contributed by atoms with E-state index in [2.05, 4.69) is 11.0 Å². The van der Waals surface area contributed by atoms with E-state index >= 15 is 0 Å². The topological polar surface area (TPSA) is 54.8 Å². The van der Waals surface area contributed by atoms with Crippen LogP contribution in [0, 0.1) is 0 Å². The third kappa shape index (κ3) is 3.49. The Hall–Kier alpha value is -2.60. The van der Waals surface area contributed by atoms with Crippen molar-refractivity contribution in [3.8, 4) is 0 Å². The van der Waals surface area contributed by atoms with Gasteiger partial charge in [-0.15, -0.1) is 0 Å². The lowest BCUT2D eigenvalue weighted by Crippen LogP contribution is -2.43. The van der Waals surface area contributed by atoms with E-state index in [4.69, 9.17) is 4.74 Å². The number of likely N-dealkylation sites (tertiary alicyclic amines) is 1. The Morgan fingerprint density at radius 1 is 1.07 bits per heavy atom. The van der Waals surface area contributed by atoms with E-state index in [1.54, 1.807) is 6.07 Å². The summed E-state index contributed by atoms with van der Waals surface area (Å²) in [5.74, 6) is -0.125. The molecule has 0 radical (unpaired) electrons. The van der Waals surface area contributed by atoms with Crippen molar-refractivity contribution in [3.05, 3.63) is 53.9 Å². The largest absolute Gasteiger partial charge is 0.464 e. The summed E-state index contributed by atoms with van der Waals surface area (Å²) in [6, 6.07) is 12.1. The van der Waals surface area contributed by atoms with Gasteiger partial charge in [0.05, 0.1) is 13.7 Å². The molecule has 2 aliphatic heterocycles. The maximum absolute atomic E-state index is 12.8. The van der Waals surface area contributed by atoms with E-state index in [1.165, 1.54) is 12.7 Å². The lowest BCUT2D eigenvalue weighted by atomic mass is 10.0. The van der Waals surface area contributed by atoms with Gasteiger partial charge in [0.15, 0.2) is 0 Å². The maximum atomic E-state index is 12.8. The van der Waals surface area contributed by atoms with Crippen LogP contribution in [0.15, 0.2) is 42.6 Å². The number of rotatable bonds is 4. The molecule has 3 heterocycles. The first-order valence-electron chi connectivity index (χ1n) is 9.53. The van der Waals surface area contributed by atoms with Crippen LogP contribution in [0.4, 0.5) is 5.69 Å². The minimum Gasteiger partial charge on any atom is -0.464 e. The highest BCUT2D eigenvalue weighted by Gasteiger charge is 2.28. The zero-order valence-corrected chi connectivity index (χ0v) is 15.6. The number of para-hydroxylation sites is 1. The van der Waals surface area contributed by atoms with E-state index in [-0.39, 0.29) is 17.9 Å². The Kier molecular flexibility index (Phi) is 4.99. The molecule has 0 N–H and O–H groups in total. The fraction of sp³-hybridized carbons (Fsp3) is 0.429. The van der Waals surface area contributed by atoms with Crippen LogP contribution < -0.4 is 4.90 Å². The molecule has 142 valence electrons. The average Bonchev–Trinajstić information content (AvgIpc) is 3.35. The van der Waals surface area contributed by atoms with E-state index in [9.17, 15) is 9.59 Å². The molecule has 0 spiro atoms. The van der Waals surface area contributed by atoms with Crippen molar-refractivity contribution in [1.82, 2.24) is 9.47 Å².